The van der Waals surface area contributed by atoms with Crippen molar-refractivity contribution < 1.29 is 9.53 Å². The van der Waals surface area contributed by atoms with Crippen LogP contribution in [0.25, 0.3) is 0 Å². The quantitative estimate of drug-likeness (QED) is 0.412. The standard InChI is InChI=1S/C27H24Cl2N2O2/c1-33-21-11-6-17(7-12-21)16-31-25-13-10-19(18-8-9-18)14-22(25)26(29)30-24(27(31)32)15-20-4-2-3-5-23(20)28/h2-7,10-14,18,24H,8-9,15-16H2,1H3. The Morgan fingerprint density at radius 2 is 1.79 bits per heavy atom. The Morgan fingerprint density at radius 1 is 1.03 bits per heavy atom. The molecule has 1 fully saturated rings. The zero-order valence-corrected chi connectivity index (χ0v) is 19.8. The first-order chi connectivity index (χ1) is 16.0. The number of ether oxygens (including phenoxy) is 1. The molecule has 5 rings (SSSR count). The van der Waals surface area contributed by atoms with Gasteiger partial charge in [0.15, 0.2) is 0 Å². The summed E-state index contributed by atoms with van der Waals surface area (Å²) < 4.78 is 5.28. The van der Waals surface area contributed by atoms with Crippen LogP contribution >= 0.6 is 23.2 Å². The van der Waals surface area contributed by atoms with Crippen molar-refractivity contribution in [2.45, 2.75) is 37.8 Å². The fourth-order valence-electron chi connectivity index (χ4n) is 4.27. The normalized spacial score (nSPS) is 17.9. The fourth-order valence-corrected chi connectivity index (χ4v) is 4.75. The Hall–Kier alpha value is -2.82. The lowest BCUT2D eigenvalue weighted by Gasteiger charge is -2.26. The van der Waals surface area contributed by atoms with Crippen molar-refractivity contribution in [1.82, 2.24) is 0 Å². The summed E-state index contributed by atoms with van der Waals surface area (Å²) in [6.45, 7) is 0.414. The van der Waals surface area contributed by atoms with Crippen LogP contribution < -0.4 is 9.64 Å². The minimum absolute atomic E-state index is 0.0955. The van der Waals surface area contributed by atoms with E-state index in [0.29, 0.717) is 29.1 Å². The van der Waals surface area contributed by atoms with Crippen LogP contribution in [0, 0.1) is 0 Å². The summed E-state index contributed by atoms with van der Waals surface area (Å²) in [5.41, 5.74) is 4.72. The summed E-state index contributed by atoms with van der Waals surface area (Å²) in [5.74, 6) is 1.26. The number of carbonyl (C=O) groups is 1. The lowest BCUT2D eigenvalue weighted by molar-refractivity contribution is -0.119. The maximum absolute atomic E-state index is 13.8. The molecule has 1 amide bonds. The van der Waals surface area contributed by atoms with Crippen LogP contribution in [0.3, 0.4) is 0 Å². The van der Waals surface area contributed by atoms with Gasteiger partial charge in [0.25, 0.3) is 5.91 Å². The molecule has 1 heterocycles. The van der Waals surface area contributed by atoms with Gasteiger partial charge in [-0.25, -0.2) is 0 Å². The molecule has 0 N–H and O–H groups in total. The van der Waals surface area contributed by atoms with E-state index >= 15 is 0 Å². The highest BCUT2D eigenvalue weighted by Crippen LogP contribution is 2.42. The summed E-state index contributed by atoms with van der Waals surface area (Å²) in [4.78, 5) is 20.3. The minimum atomic E-state index is -0.660. The number of amides is 1. The Morgan fingerprint density at radius 3 is 2.48 bits per heavy atom. The van der Waals surface area contributed by atoms with Gasteiger partial charge < -0.3 is 9.64 Å². The Kier molecular flexibility index (Phi) is 6.13. The second-order valence-corrected chi connectivity index (χ2v) is 9.32. The van der Waals surface area contributed by atoms with Gasteiger partial charge in [-0.3, -0.25) is 9.79 Å². The zero-order valence-electron chi connectivity index (χ0n) is 18.3. The molecule has 0 radical (unpaired) electrons. The topological polar surface area (TPSA) is 41.9 Å². The second kappa shape index (κ2) is 9.20. The molecule has 1 saturated carbocycles. The minimum Gasteiger partial charge on any atom is -0.497 e. The second-order valence-electron chi connectivity index (χ2n) is 8.55. The van der Waals surface area contributed by atoms with Crippen molar-refractivity contribution in [3.8, 4) is 5.75 Å². The number of anilines is 1. The van der Waals surface area contributed by atoms with E-state index in [1.54, 1.807) is 12.0 Å². The summed E-state index contributed by atoms with van der Waals surface area (Å²) in [7, 11) is 1.64. The first-order valence-electron chi connectivity index (χ1n) is 11.1. The number of halogens is 2. The van der Waals surface area contributed by atoms with E-state index in [1.807, 2.05) is 54.6 Å². The molecule has 168 valence electrons. The third-order valence-corrected chi connectivity index (χ3v) is 6.94. The van der Waals surface area contributed by atoms with E-state index in [-0.39, 0.29) is 5.91 Å². The van der Waals surface area contributed by atoms with Gasteiger partial charge in [0.05, 0.1) is 19.3 Å². The molecule has 0 spiro atoms. The van der Waals surface area contributed by atoms with Crippen LogP contribution in [-0.4, -0.2) is 24.2 Å². The molecule has 1 atom stereocenters. The molecule has 3 aromatic carbocycles. The summed E-state index contributed by atoms with van der Waals surface area (Å²) >= 11 is 13.1. The van der Waals surface area contributed by atoms with Crippen molar-refractivity contribution in [2.75, 3.05) is 12.0 Å². The van der Waals surface area contributed by atoms with E-state index in [1.165, 1.54) is 18.4 Å². The number of aliphatic imine (C=N–C) groups is 1. The largest absolute Gasteiger partial charge is 0.497 e. The zero-order chi connectivity index (χ0) is 22.9. The highest BCUT2D eigenvalue weighted by Gasteiger charge is 2.33. The molecule has 0 saturated heterocycles. The monoisotopic (exact) mass is 478 g/mol. The third kappa shape index (κ3) is 4.64. The van der Waals surface area contributed by atoms with Gasteiger partial charge in [0.2, 0.25) is 0 Å². The first-order valence-corrected chi connectivity index (χ1v) is 11.8. The van der Waals surface area contributed by atoms with Gasteiger partial charge in [-0.15, -0.1) is 0 Å². The highest BCUT2D eigenvalue weighted by atomic mass is 35.5. The number of fused-ring (bicyclic) bond motifs is 1. The molecule has 6 heteroatoms. The third-order valence-electron chi connectivity index (χ3n) is 6.27. The van der Waals surface area contributed by atoms with Crippen molar-refractivity contribution in [3.05, 3.63) is 94.0 Å². The average molecular weight is 479 g/mol. The van der Waals surface area contributed by atoms with E-state index in [9.17, 15) is 4.79 Å². The molecule has 1 aliphatic heterocycles. The molecule has 3 aromatic rings. The van der Waals surface area contributed by atoms with Gasteiger partial charge in [-0.1, -0.05) is 59.6 Å². The van der Waals surface area contributed by atoms with Crippen LogP contribution in [0.15, 0.2) is 71.7 Å². The number of benzene rings is 3. The van der Waals surface area contributed by atoms with Gasteiger partial charge in [0.1, 0.15) is 17.0 Å². The van der Waals surface area contributed by atoms with Crippen LogP contribution in [0.5, 0.6) is 5.75 Å². The highest BCUT2D eigenvalue weighted by molar-refractivity contribution is 6.70. The molecule has 1 unspecified atom stereocenters. The van der Waals surface area contributed by atoms with Crippen LogP contribution in [0.2, 0.25) is 5.02 Å². The molecular formula is C27H24Cl2N2O2. The predicted octanol–water partition coefficient (Wildman–Crippen LogP) is 6.37. The van der Waals surface area contributed by atoms with Gasteiger partial charge in [0, 0.05) is 17.0 Å². The number of rotatable bonds is 6. The maximum atomic E-state index is 13.8. The van der Waals surface area contributed by atoms with Gasteiger partial charge in [-0.05, 0) is 65.8 Å². The SMILES string of the molecule is COc1ccc(CN2C(=O)C(Cc3ccccc3Cl)N=C(Cl)c3cc(C4CC4)ccc32)cc1. The van der Waals surface area contributed by atoms with E-state index < -0.39 is 6.04 Å². The van der Waals surface area contributed by atoms with E-state index in [4.69, 9.17) is 27.9 Å². The predicted molar refractivity (Wildman–Crippen MR) is 134 cm³/mol. The Labute approximate surface area is 203 Å². The Bertz CT molecular complexity index is 1220. The fraction of sp³-hybridized carbons (Fsp3) is 0.259. The van der Waals surface area contributed by atoms with Crippen LogP contribution in [0.1, 0.15) is 41.0 Å². The molecule has 1 aliphatic carbocycles. The molecule has 0 aromatic heterocycles. The summed E-state index contributed by atoms with van der Waals surface area (Å²) in [5, 5.41) is 0.992. The molecule has 4 nitrogen and oxygen atoms in total. The lowest BCUT2D eigenvalue weighted by Crippen LogP contribution is -2.38. The number of hydrogen-bond acceptors (Lipinski definition) is 3. The summed E-state index contributed by atoms with van der Waals surface area (Å²) in [6.07, 6.45) is 2.77. The average Bonchev–Trinajstić information content (AvgIpc) is 3.69. The first kappa shape index (κ1) is 22.0. The summed E-state index contributed by atoms with van der Waals surface area (Å²) in [6, 6.07) is 20.9. The van der Waals surface area contributed by atoms with E-state index in [0.717, 1.165) is 28.1 Å². The Balaban J connectivity index is 1.55. The van der Waals surface area contributed by atoms with Crippen molar-refractivity contribution >= 4 is 40.0 Å². The smallest absolute Gasteiger partial charge is 0.252 e. The van der Waals surface area contributed by atoms with Crippen molar-refractivity contribution in [3.63, 3.8) is 0 Å². The number of nitrogens with zero attached hydrogens (tertiary/aromatic N) is 2. The van der Waals surface area contributed by atoms with Gasteiger partial charge in [-0.2, -0.15) is 0 Å². The number of hydrogen-bond donors (Lipinski definition) is 0. The number of methoxy groups -OCH3 is 1. The number of carbonyl (C=O) groups excluding carboxylic acids is 1. The molecule has 33 heavy (non-hydrogen) atoms. The van der Waals surface area contributed by atoms with Crippen LogP contribution in [-0.2, 0) is 17.8 Å². The van der Waals surface area contributed by atoms with E-state index in [2.05, 4.69) is 17.1 Å². The van der Waals surface area contributed by atoms with Crippen molar-refractivity contribution in [1.29, 1.82) is 0 Å². The van der Waals surface area contributed by atoms with Crippen LogP contribution in [0.4, 0.5) is 5.69 Å². The lowest BCUT2D eigenvalue weighted by atomic mass is 10.0. The maximum Gasteiger partial charge on any atom is 0.252 e. The molecule has 2 aliphatic rings. The number of benzodiazepines with no additional fused rings is 1. The molecular weight excluding hydrogens is 455 g/mol. The van der Waals surface area contributed by atoms with Crippen molar-refractivity contribution in [2.24, 2.45) is 4.99 Å². The van der Waals surface area contributed by atoms with Gasteiger partial charge >= 0.3 is 0 Å². The molecule has 0 bridgehead atoms.